The Kier molecular flexibility index (Phi) is 3.41. The van der Waals surface area contributed by atoms with Crippen LogP contribution in [0.3, 0.4) is 0 Å². The Labute approximate surface area is 118 Å². The van der Waals surface area contributed by atoms with Crippen LogP contribution in [0.25, 0.3) is 0 Å². The maximum atomic E-state index is 11.3. The third-order valence-electron chi connectivity index (χ3n) is 3.59. The van der Waals surface area contributed by atoms with Crippen LogP contribution in [0, 0.1) is 0 Å². The van der Waals surface area contributed by atoms with Gasteiger partial charge in [0.05, 0.1) is 6.54 Å². The molecule has 0 fully saturated rings. The lowest BCUT2D eigenvalue weighted by molar-refractivity contribution is -0.116. The van der Waals surface area contributed by atoms with Gasteiger partial charge in [-0.05, 0) is 37.1 Å². The molecule has 2 aromatic rings. The van der Waals surface area contributed by atoms with E-state index in [1.807, 2.05) is 24.5 Å². The van der Waals surface area contributed by atoms with Gasteiger partial charge in [0, 0.05) is 36.7 Å². The number of fused-ring (bicyclic) bond motifs is 1. The fraction of sp³-hybridized carbons (Fsp3) is 0.333. The van der Waals surface area contributed by atoms with E-state index in [-0.39, 0.29) is 5.91 Å². The van der Waals surface area contributed by atoms with Crippen molar-refractivity contribution in [2.75, 3.05) is 10.6 Å². The minimum Gasteiger partial charge on any atom is -0.378 e. The van der Waals surface area contributed by atoms with Crippen LogP contribution in [0.2, 0.25) is 0 Å². The highest BCUT2D eigenvalue weighted by atomic mass is 16.1. The van der Waals surface area contributed by atoms with Crippen molar-refractivity contribution in [3.05, 3.63) is 42.0 Å². The molecule has 0 spiro atoms. The first-order chi connectivity index (χ1) is 9.76. The molecule has 2 heterocycles. The van der Waals surface area contributed by atoms with E-state index in [0.717, 1.165) is 30.2 Å². The van der Waals surface area contributed by atoms with E-state index in [4.69, 9.17) is 0 Å². The molecule has 1 aliphatic heterocycles. The van der Waals surface area contributed by atoms with Gasteiger partial charge in [0.2, 0.25) is 5.91 Å². The lowest BCUT2D eigenvalue weighted by Crippen LogP contribution is -2.19. The van der Waals surface area contributed by atoms with E-state index in [9.17, 15) is 4.79 Å². The highest BCUT2D eigenvalue weighted by Crippen LogP contribution is 2.25. The molecule has 0 saturated carbocycles. The average molecular weight is 270 g/mol. The van der Waals surface area contributed by atoms with Gasteiger partial charge in [-0.2, -0.15) is 0 Å². The molecular weight excluding hydrogens is 252 g/mol. The Morgan fingerprint density at radius 1 is 1.40 bits per heavy atom. The summed E-state index contributed by atoms with van der Waals surface area (Å²) >= 11 is 0. The fourth-order valence-electron chi connectivity index (χ4n) is 2.47. The molecule has 0 unspecified atom stereocenters. The van der Waals surface area contributed by atoms with Gasteiger partial charge in [-0.1, -0.05) is 0 Å². The number of nitrogens with one attached hydrogen (secondary N) is 2. The van der Waals surface area contributed by atoms with Gasteiger partial charge in [-0.3, -0.25) is 4.79 Å². The SMILES string of the molecule is CCn1ccnc1CNc1ccc2c(c1)CCC(=O)N2. The van der Waals surface area contributed by atoms with Crippen LogP contribution in [0.15, 0.2) is 30.6 Å². The summed E-state index contributed by atoms with van der Waals surface area (Å²) in [6.07, 6.45) is 5.18. The fourth-order valence-corrected chi connectivity index (χ4v) is 2.47. The minimum atomic E-state index is 0.100. The number of hydrogen-bond donors (Lipinski definition) is 2. The summed E-state index contributed by atoms with van der Waals surface area (Å²) in [6, 6.07) is 6.05. The quantitative estimate of drug-likeness (QED) is 0.897. The molecule has 1 amide bonds. The van der Waals surface area contributed by atoms with E-state index >= 15 is 0 Å². The van der Waals surface area contributed by atoms with Crippen molar-refractivity contribution in [3.8, 4) is 0 Å². The van der Waals surface area contributed by atoms with Gasteiger partial charge >= 0.3 is 0 Å². The third-order valence-corrected chi connectivity index (χ3v) is 3.59. The molecule has 1 aromatic heterocycles. The Morgan fingerprint density at radius 2 is 2.30 bits per heavy atom. The zero-order valence-electron chi connectivity index (χ0n) is 11.5. The van der Waals surface area contributed by atoms with E-state index in [1.54, 1.807) is 0 Å². The summed E-state index contributed by atoms with van der Waals surface area (Å²) in [6.45, 7) is 3.73. The molecule has 5 heteroatoms. The number of carbonyl (C=O) groups excluding carboxylic acids is 1. The second kappa shape index (κ2) is 5.36. The zero-order chi connectivity index (χ0) is 13.9. The van der Waals surface area contributed by atoms with Crippen molar-refractivity contribution in [1.29, 1.82) is 0 Å². The Morgan fingerprint density at radius 3 is 3.15 bits per heavy atom. The van der Waals surface area contributed by atoms with Gasteiger partial charge in [-0.25, -0.2) is 4.98 Å². The molecular formula is C15H18N4O. The van der Waals surface area contributed by atoms with Gasteiger partial charge in [0.1, 0.15) is 5.82 Å². The predicted molar refractivity (Wildman–Crippen MR) is 78.6 cm³/mol. The van der Waals surface area contributed by atoms with Crippen molar-refractivity contribution < 1.29 is 4.79 Å². The second-order valence-electron chi connectivity index (χ2n) is 4.90. The molecule has 0 atom stereocenters. The van der Waals surface area contributed by atoms with Gasteiger partial charge in [0.25, 0.3) is 0 Å². The number of aromatic nitrogens is 2. The number of hydrogen-bond acceptors (Lipinski definition) is 3. The first-order valence-electron chi connectivity index (χ1n) is 6.93. The highest BCUT2D eigenvalue weighted by molar-refractivity contribution is 5.94. The predicted octanol–water partition coefficient (Wildman–Crippen LogP) is 2.40. The summed E-state index contributed by atoms with van der Waals surface area (Å²) in [4.78, 5) is 15.7. The molecule has 5 nitrogen and oxygen atoms in total. The van der Waals surface area contributed by atoms with E-state index in [1.165, 1.54) is 5.56 Å². The van der Waals surface area contributed by atoms with Crippen LogP contribution in [0.1, 0.15) is 24.7 Å². The molecule has 104 valence electrons. The van der Waals surface area contributed by atoms with Crippen molar-refractivity contribution >= 4 is 17.3 Å². The molecule has 1 aromatic carbocycles. The van der Waals surface area contributed by atoms with Crippen LogP contribution in [0.4, 0.5) is 11.4 Å². The van der Waals surface area contributed by atoms with Crippen molar-refractivity contribution in [1.82, 2.24) is 9.55 Å². The third kappa shape index (κ3) is 2.52. The first kappa shape index (κ1) is 12.7. The van der Waals surface area contributed by atoms with Crippen molar-refractivity contribution in [2.45, 2.75) is 32.9 Å². The number of anilines is 2. The summed E-state index contributed by atoms with van der Waals surface area (Å²) in [7, 11) is 0. The van der Waals surface area contributed by atoms with Crippen LogP contribution in [0.5, 0.6) is 0 Å². The number of amides is 1. The smallest absolute Gasteiger partial charge is 0.224 e. The summed E-state index contributed by atoms with van der Waals surface area (Å²) in [5.74, 6) is 1.13. The summed E-state index contributed by atoms with van der Waals surface area (Å²) in [5.41, 5.74) is 3.18. The monoisotopic (exact) mass is 270 g/mol. The Bertz CT molecular complexity index is 633. The molecule has 1 aliphatic rings. The first-order valence-corrected chi connectivity index (χ1v) is 6.93. The summed E-state index contributed by atoms with van der Waals surface area (Å²) in [5, 5.41) is 6.28. The number of rotatable bonds is 4. The maximum absolute atomic E-state index is 11.3. The topological polar surface area (TPSA) is 59.0 Å². The van der Waals surface area contributed by atoms with Crippen molar-refractivity contribution in [2.24, 2.45) is 0 Å². The number of carbonyl (C=O) groups is 1. The maximum Gasteiger partial charge on any atom is 0.224 e. The lowest BCUT2D eigenvalue weighted by atomic mass is 10.0. The standard InChI is InChI=1S/C15H18N4O/c1-2-19-8-7-16-14(19)10-17-12-4-5-13-11(9-12)3-6-15(20)18-13/h4-5,7-9,17H,2-3,6,10H2,1H3,(H,18,20). The molecule has 20 heavy (non-hydrogen) atoms. The van der Waals surface area contributed by atoms with Gasteiger partial charge in [-0.15, -0.1) is 0 Å². The van der Waals surface area contributed by atoms with Crippen molar-refractivity contribution in [3.63, 3.8) is 0 Å². The Balaban J connectivity index is 1.71. The molecule has 0 radical (unpaired) electrons. The van der Waals surface area contributed by atoms with Crippen LogP contribution >= 0.6 is 0 Å². The molecule has 3 rings (SSSR count). The Hall–Kier alpha value is -2.30. The van der Waals surface area contributed by atoms with E-state index in [0.29, 0.717) is 13.0 Å². The molecule has 0 saturated heterocycles. The zero-order valence-corrected chi connectivity index (χ0v) is 11.5. The molecule has 0 aliphatic carbocycles. The molecule has 2 N–H and O–H groups in total. The average Bonchev–Trinajstić information content (AvgIpc) is 2.92. The second-order valence-corrected chi connectivity index (χ2v) is 4.90. The highest BCUT2D eigenvalue weighted by Gasteiger charge is 2.14. The van der Waals surface area contributed by atoms with Gasteiger partial charge < -0.3 is 15.2 Å². The summed E-state index contributed by atoms with van der Waals surface area (Å²) < 4.78 is 2.12. The number of imidazole rings is 1. The molecule has 0 bridgehead atoms. The number of aryl methyl sites for hydroxylation is 2. The largest absolute Gasteiger partial charge is 0.378 e. The number of benzene rings is 1. The van der Waals surface area contributed by atoms with E-state index < -0.39 is 0 Å². The minimum absolute atomic E-state index is 0.100. The van der Waals surface area contributed by atoms with Gasteiger partial charge in [0.15, 0.2) is 0 Å². The van der Waals surface area contributed by atoms with Crippen LogP contribution < -0.4 is 10.6 Å². The van der Waals surface area contributed by atoms with E-state index in [2.05, 4.69) is 33.2 Å². The van der Waals surface area contributed by atoms with Crippen LogP contribution in [-0.2, 0) is 24.3 Å². The lowest BCUT2D eigenvalue weighted by Gasteiger charge is -2.18. The number of nitrogens with zero attached hydrogens (tertiary/aromatic N) is 2. The normalized spacial score (nSPS) is 13.8. The van der Waals surface area contributed by atoms with Crippen LogP contribution in [-0.4, -0.2) is 15.5 Å².